The summed E-state index contributed by atoms with van der Waals surface area (Å²) in [5, 5.41) is 6.97. The van der Waals surface area contributed by atoms with Gasteiger partial charge in [0.15, 0.2) is 0 Å². The topological polar surface area (TPSA) is 94.3 Å². The molecule has 0 spiro atoms. The highest BCUT2D eigenvalue weighted by atomic mass is 15.0. The first-order chi connectivity index (χ1) is 15.8. The third-order valence-electron chi connectivity index (χ3n) is 6.54. The van der Waals surface area contributed by atoms with Gasteiger partial charge in [-0.05, 0) is 56.0 Å². The van der Waals surface area contributed by atoms with E-state index in [9.17, 15) is 0 Å². The molecule has 4 N–H and O–H groups in total. The second kappa shape index (κ2) is 8.33. The maximum Gasteiger partial charge on any atom is 0.123 e. The molecule has 6 rings (SSSR count). The van der Waals surface area contributed by atoms with Crippen molar-refractivity contribution in [2.75, 3.05) is 13.1 Å². The van der Waals surface area contributed by atoms with E-state index < -0.39 is 0 Å². The van der Waals surface area contributed by atoms with E-state index >= 15 is 0 Å². The normalized spacial score (nSPS) is 20.8. The number of hydrogen-bond acceptors (Lipinski definition) is 5. The summed E-state index contributed by atoms with van der Waals surface area (Å²) in [6.45, 7) is 2.13. The Labute approximate surface area is 187 Å². The van der Waals surface area contributed by atoms with Crippen LogP contribution >= 0.6 is 0 Å². The zero-order valence-electron chi connectivity index (χ0n) is 17.9. The molecular weight excluding hydrogens is 398 g/mol. The Hall–Kier alpha value is -3.29. The van der Waals surface area contributed by atoms with Crippen molar-refractivity contribution in [1.29, 1.82) is 0 Å². The third-order valence-corrected chi connectivity index (χ3v) is 6.54. The fourth-order valence-electron chi connectivity index (χ4n) is 4.71. The molecule has 0 amide bonds. The molecule has 2 saturated heterocycles. The van der Waals surface area contributed by atoms with Gasteiger partial charge in [-0.15, -0.1) is 0 Å². The molecule has 7 nitrogen and oxygen atoms in total. The summed E-state index contributed by atoms with van der Waals surface area (Å²) in [7, 11) is 0. The fourth-order valence-corrected chi connectivity index (χ4v) is 4.71. The Morgan fingerprint density at radius 2 is 1.19 bits per heavy atom. The highest BCUT2D eigenvalue weighted by Crippen LogP contribution is 2.28. The number of benzene rings is 1. The molecule has 162 valence electrons. The van der Waals surface area contributed by atoms with Crippen LogP contribution < -0.4 is 10.6 Å². The van der Waals surface area contributed by atoms with Gasteiger partial charge in [0.05, 0.1) is 41.6 Å². The first kappa shape index (κ1) is 19.4. The number of imidazole rings is 2. The van der Waals surface area contributed by atoms with Crippen LogP contribution in [0, 0.1) is 0 Å². The predicted molar refractivity (Wildman–Crippen MR) is 125 cm³/mol. The number of rotatable bonds is 5. The van der Waals surface area contributed by atoms with Crippen LogP contribution in [0.15, 0.2) is 55.0 Å². The van der Waals surface area contributed by atoms with Crippen molar-refractivity contribution in [1.82, 2.24) is 35.6 Å². The monoisotopic (exact) mass is 425 g/mol. The molecule has 4 aromatic rings. The Bertz CT molecular complexity index is 1080. The maximum atomic E-state index is 4.68. The van der Waals surface area contributed by atoms with E-state index in [1.54, 1.807) is 0 Å². The average molecular weight is 426 g/mol. The lowest BCUT2D eigenvalue weighted by Crippen LogP contribution is -2.14. The smallest absolute Gasteiger partial charge is 0.123 e. The van der Waals surface area contributed by atoms with Gasteiger partial charge in [-0.25, -0.2) is 9.97 Å². The highest BCUT2D eigenvalue weighted by Gasteiger charge is 2.20. The van der Waals surface area contributed by atoms with Gasteiger partial charge in [-0.2, -0.15) is 0 Å². The molecule has 32 heavy (non-hydrogen) atoms. The lowest BCUT2D eigenvalue weighted by atomic mass is 10.0. The zero-order valence-corrected chi connectivity index (χ0v) is 17.9. The highest BCUT2D eigenvalue weighted by molar-refractivity contribution is 5.69. The molecule has 0 aliphatic carbocycles. The SMILES string of the molecule is c1cc(-c2cnc(C3CCCN3)[nH]2)ccc1-c1ccc(-c2cnc([C@@H]3CCCN3)[nH]2)nc1. The summed E-state index contributed by atoms with van der Waals surface area (Å²) in [4.78, 5) is 20.7. The molecule has 2 atom stereocenters. The standard InChI is InChI=1S/C25H27N7/c1-3-20(26-11-1)24-29-14-22(31-24)17-7-5-16(6-8-17)18-9-10-19(28-13-18)23-15-30-25(32-23)21-4-2-12-27-21/h5-10,13-15,20-21,26-27H,1-4,11-12H2,(H,29,31)(H,30,32)/t20?,21-/m0/s1. The zero-order chi connectivity index (χ0) is 21.3. The molecule has 7 heteroatoms. The van der Waals surface area contributed by atoms with E-state index in [1.807, 2.05) is 18.6 Å². The number of aromatic amines is 2. The minimum Gasteiger partial charge on any atom is -0.341 e. The second-order valence-corrected chi connectivity index (χ2v) is 8.67. The first-order valence-corrected chi connectivity index (χ1v) is 11.5. The van der Waals surface area contributed by atoms with Crippen LogP contribution in [0.3, 0.4) is 0 Å². The van der Waals surface area contributed by atoms with E-state index in [0.29, 0.717) is 12.1 Å². The average Bonchev–Trinajstić information content (AvgIpc) is 3.66. The van der Waals surface area contributed by atoms with Gasteiger partial charge in [0.2, 0.25) is 0 Å². The van der Waals surface area contributed by atoms with Gasteiger partial charge >= 0.3 is 0 Å². The number of hydrogen-bond donors (Lipinski definition) is 4. The molecule has 3 aromatic heterocycles. The molecule has 2 fully saturated rings. The second-order valence-electron chi connectivity index (χ2n) is 8.67. The Kier molecular flexibility index (Phi) is 5.05. The Balaban J connectivity index is 1.17. The molecule has 1 aromatic carbocycles. The molecule has 5 heterocycles. The molecule has 2 aliphatic heterocycles. The van der Waals surface area contributed by atoms with Crippen molar-refractivity contribution >= 4 is 0 Å². The lowest BCUT2D eigenvalue weighted by molar-refractivity contribution is 0.613. The van der Waals surface area contributed by atoms with Gasteiger partial charge < -0.3 is 20.6 Å². The number of nitrogens with zero attached hydrogens (tertiary/aromatic N) is 3. The van der Waals surface area contributed by atoms with Crippen molar-refractivity contribution in [3.05, 3.63) is 66.6 Å². The lowest BCUT2D eigenvalue weighted by Gasteiger charge is -2.07. The molecule has 1 unspecified atom stereocenters. The summed E-state index contributed by atoms with van der Waals surface area (Å²) in [6.07, 6.45) is 10.4. The number of aromatic nitrogens is 5. The van der Waals surface area contributed by atoms with Crippen molar-refractivity contribution in [3.63, 3.8) is 0 Å². The summed E-state index contributed by atoms with van der Waals surface area (Å²) in [6, 6.07) is 13.4. The molecule has 0 saturated carbocycles. The molecule has 2 aliphatic rings. The summed E-state index contributed by atoms with van der Waals surface area (Å²) in [5.41, 5.74) is 6.31. The third kappa shape index (κ3) is 3.74. The van der Waals surface area contributed by atoms with E-state index in [2.05, 4.69) is 72.0 Å². The summed E-state index contributed by atoms with van der Waals surface area (Å²) < 4.78 is 0. The fraction of sp³-hybridized carbons (Fsp3) is 0.320. The maximum absolute atomic E-state index is 4.68. The van der Waals surface area contributed by atoms with Gasteiger partial charge in [0.1, 0.15) is 11.6 Å². The van der Waals surface area contributed by atoms with Gasteiger partial charge in [0, 0.05) is 11.8 Å². The van der Waals surface area contributed by atoms with Crippen LogP contribution in [0.2, 0.25) is 0 Å². The largest absolute Gasteiger partial charge is 0.341 e. The Morgan fingerprint density at radius 1 is 0.594 bits per heavy atom. The Morgan fingerprint density at radius 3 is 1.78 bits per heavy atom. The van der Waals surface area contributed by atoms with Crippen molar-refractivity contribution in [3.8, 4) is 33.8 Å². The van der Waals surface area contributed by atoms with Crippen molar-refractivity contribution in [2.45, 2.75) is 37.8 Å². The predicted octanol–water partition coefficient (Wildman–Crippen LogP) is 4.38. The summed E-state index contributed by atoms with van der Waals surface area (Å²) >= 11 is 0. The van der Waals surface area contributed by atoms with E-state index in [-0.39, 0.29) is 0 Å². The van der Waals surface area contributed by atoms with Gasteiger partial charge in [0.25, 0.3) is 0 Å². The van der Waals surface area contributed by atoms with Crippen LogP contribution in [0.1, 0.15) is 49.4 Å². The van der Waals surface area contributed by atoms with E-state index in [4.69, 9.17) is 0 Å². The minimum atomic E-state index is 0.335. The molecule has 0 bridgehead atoms. The van der Waals surface area contributed by atoms with E-state index in [0.717, 1.165) is 71.4 Å². The minimum absolute atomic E-state index is 0.335. The molecule has 0 radical (unpaired) electrons. The van der Waals surface area contributed by atoms with E-state index in [1.165, 1.54) is 12.8 Å². The summed E-state index contributed by atoms with van der Waals surface area (Å²) in [5.74, 6) is 2.04. The van der Waals surface area contributed by atoms with Crippen LogP contribution in [-0.4, -0.2) is 38.0 Å². The van der Waals surface area contributed by atoms with Gasteiger partial charge in [-0.1, -0.05) is 30.3 Å². The van der Waals surface area contributed by atoms with Crippen LogP contribution in [-0.2, 0) is 0 Å². The van der Waals surface area contributed by atoms with Crippen LogP contribution in [0.4, 0.5) is 0 Å². The first-order valence-electron chi connectivity index (χ1n) is 11.5. The number of pyridine rings is 1. The van der Waals surface area contributed by atoms with Gasteiger partial charge in [-0.3, -0.25) is 4.98 Å². The number of H-pyrrole nitrogens is 2. The van der Waals surface area contributed by atoms with Crippen LogP contribution in [0.5, 0.6) is 0 Å². The van der Waals surface area contributed by atoms with Crippen molar-refractivity contribution < 1.29 is 0 Å². The molecular formula is C25H27N7. The van der Waals surface area contributed by atoms with Crippen molar-refractivity contribution in [2.24, 2.45) is 0 Å². The van der Waals surface area contributed by atoms with Crippen LogP contribution in [0.25, 0.3) is 33.8 Å². The number of nitrogens with one attached hydrogen (secondary N) is 4. The quantitative estimate of drug-likeness (QED) is 0.381.